The van der Waals surface area contributed by atoms with Crippen LogP contribution in [-0.2, 0) is 14.6 Å². The lowest BCUT2D eigenvalue weighted by Crippen LogP contribution is -2.53. The van der Waals surface area contributed by atoms with Crippen molar-refractivity contribution >= 4 is 15.7 Å². The van der Waals surface area contributed by atoms with Crippen LogP contribution in [0, 0.1) is 5.92 Å². The van der Waals surface area contributed by atoms with Gasteiger partial charge in [-0.1, -0.05) is 32.6 Å². The van der Waals surface area contributed by atoms with Crippen molar-refractivity contribution < 1.29 is 13.2 Å². The van der Waals surface area contributed by atoms with Gasteiger partial charge in [-0.05, 0) is 44.6 Å². The highest BCUT2D eigenvalue weighted by Gasteiger charge is 2.39. The molecule has 2 unspecified atom stereocenters. The Balaban J connectivity index is 1.68. The third kappa shape index (κ3) is 4.97. The van der Waals surface area contributed by atoms with E-state index < -0.39 is 9.84 Å². The van der Waals surface area contributed by atoms with Gasteiger partial charge in [0.2, 0.25) is 5.91 Å². The second-order valence-corrected chi connectivity index (χ2v) is 10.5. The topological polar surface area (TPSA) is 57.7 Å². The summed E-state index contributed by atoms with van der Waals surface area (Å²) in [7, 11) is -2.97. The van der Waals surface area contributed by atoms with Crippen LogP contribution in [0.2, 0.25) is 0 Å². The lowest BCUT2D eigenvalue weighted by atomic mass is 9.92. The predicted molar refractivity (Wildman–Crippen MR) is 100 cm³/mol. The molecule has 144 valence electrons. The van der Waals surface area contributed by atoms with Gasteiger partial charge in [-0.3, -0.25) is 9.69 Å². The third-order valence-corrected chi connectivity index (χ3v) is 8.15. The normalized spacial score (nSPS) is 31.1. The van der Waals surface area contributed by atoms with Gasteiger partial charge in [-0.2, -0.15) is 0 Å². The van der Waals surface area contributed by atoms with Gasteiger partial charge in [0.05, 0.1) is 18.1 Å². The maximum atomic E-state index is 13.2. The van der Waals surface area contributed by atoms with Gasteiger partial charge in [0.1, 0.15) is 0 Å². The molecule has 1 saturated carbocycles. The number of piperidine rings is 1. The highest BCUT2D eigenvalue weighted by Crippen LogP contribution is 2.29. The highest BCUT2D eigenvalue weighted by atomic mass is 32.2. The molecule has 0 N–H and O–H groups in total. The minimum absolute atomic E-state index is 0.0904. The zero-order valence-electron chi connectivity index (χ0n) is 15.7. The van der Waals surface area contributed by atoms with Crippen LogP contribution in [0.5, 0.6) is 0 Å². The summed E-state index contributed by atoms with van der Waals surface area (Å²) in [5, 5.41) is 0. The van der Waals surface area contributed by atoms with Crippen molar-refractivity contribution in [3.8, 4) is 0 Å². The molecule has 3 aliphatic rings. The molecule has 0 radical (unpaired) electrons. The first-order valence-electron chi connectivity index (χ1n) is 10.2. The molecule has 0 aromatic rings. The Morgan fingerprint density at radius 2 is 1.80 bits per heavy atom. The Morgan fingerprint density at radius 1 is 1.04 bits per heavy atom. The van der Waals surface area contributed by atoms with Crippen LogP contribution in [0.1, 0.15) is 64.7 Å². The molecule has 2 aliphatic heterocycles. The molecule has 5 nitrogen and oxygen atoms in total. The maximum Gasteiger partial charge on any atom is 0.237 e. The average molecular weight is 371 g/mol. The van der Waals surface area contributed by atoms with Gasteiger partial charge in [0.15, 0.2) is 9.84 Å². The zero-order valence-corrected chi connectivity index (χ0v) is 16.5. The van der Waals surface area contributed by atoms with E-state index in [0.717, 1.165) is 38.8 Å². The van der Waals surface area contributed by atoms with Crippen LogP contribution in [0.4, 0.5) is 0 Å². The maximum absolute atomic E-state index is 13.2. The smallest absolute Gasteiger partial charge is 0.237 e. The highest BCUT2D eigenvalue weighted by molar-refractivity contribution is 7.91. The number of amides is 1. The number of hydrogen-bond acceptors (Lipinski definition) is 4. The number of rotatable bonds is 5. The zero-order chi connectivity index (χ0) is 17.9. The summed E-state index contributed by atoms with van der Waals surface area (Å²) >= 11 is 0. The number of nitrogens with zero attached hydrogens (tertiary/aromatic N) is 2. The Hall–Kier alpha value is -0.620. The van der Waals surface area contributed by atoms with E-state index in [1.165, 1.54) is 25.7 Å². The quantitative estimate of drug-likeness (QED) is 0.746. The summed E-state index contributed by atoms with van der Waals surface area (Å²) in [5.41, 5.74) is 0. The summed E-state index contributed by atoms with van der Waals surface area (Å²) in [6.07, 6.45) is 9.90. The van der Waals surface area contributed by atoms with Crippen LogP contribution < -0.4 is 0 Å². The van der Waals surface area contributed by atoms with Crippen LogP contribution in [0.15, 0.2) is 0 Å². The van der Waals surface area contributed by atoms with Gasteiger partial charge in [0, 0.05) is 18.6 Å². The largest absolute Gasteiger partial charge is 0.335 e. The second-order valence-electron chi connectivity index (χ2n) is 8.30. The first-order valence-corrected chi connectivity index (χ1v) is 12.0. The lowest BCUT2D eigenvalue weighted by molar-refractivity contribution is -0.138. The molecule has 6 heteroatoms. The van der Waals surface area contributed by atoms with E-state index in [9.17, 15) is 13.2 Å². The molecular formula is C19H34N2O3S. The number of hydrogen-bond donors (Lipinski definition) is 0. The average Bonchev–Trinajstić information content (AvgIpc) is 2.95. The SMILES string of the molecule is CCC1CCCN(CC(=O)N(C2CCCCC2)C2CCS(=O)(=O)C2)C1. The minimum Gasteiger partial charge on any atom is -0.335 e. The van der Waals surface area contributed by atoms with Crippen molar-refractivity contribution in [3.63, 3.8) is 0 Å². The molecule has 2 heterocycles. The molecule has 1 amide bonds. The van der Waals surface area contributed by atoms with E-state index in [2.05, 4.69) is 11.8 Å². The molecule has 0 aromatic heterocycles. The van der Waals surface area contributed by atoms with E-state index in [1.54, 1.807) is 0 Å². The summed E-state index contributed by atoms with van der Waals surface area (Å²) < 4.78 is 23.9. The van der Waals surface area contributed by atoms with Gasteiger partial charge < -0.3 is 4.90 Å². The second kappa shape index (κ2) is 8.38. The van der Waals surface area contributed by atoms with Crippen LogP contribution in [0.25, 0.3) is 0 Å². The summed E-state index contributed by atoms with van der Waals surface area (Å²) in [6, 6.07) is 0.165. The number of likely N-dealkylation sites (tertiary alicyclic amines) is 1. The molecular weight excluding hydrogens is 336 g/mol. The number of sulfone groups is 1. The molecule has 0 bridgehead atoms. The fraction of sp³-hybridized carbons (Fsp3) is 0.947. The Bertz CT molecular complexity index is 557. The van der Waals surface area contributed by atoms with Crippen LogP contribution in [-0.4, -0.2) is 67.3 Å². The molecule has 3 rings (SSSR count). The molecule has 2 saturated heterocycles. The number of carbonyl (C=O) groups excluding carboxylic acids is 1. The first-order chi connectivity index (χ1) is 12.0. The predicted octanol–water partition coefficient (Wildman–Crippen LogP) is 2.46. The van der Waals surface area contributed by atoms with Crippen molar-refractivity contribution in [1.82, 2.24) is 9.80 Å². The standard InChI is InChI=1S/C19H34N2O3S/c1-2-16-7-6-11-20(13-16)14-19(22)21(17-8-4-3-5-9-17)18-10-12-25(23,24)15-18/h16-18H,2-15H2,1H3. The summed E-state index contributed by atoms with van der Waals surface area (Å²) in [6.45, 7) is 4.73. The minimum atomic E-state index is -2.97. The lowest BCUT2D eigenvalue weighted by Gasteiger charge is -2.40. The van der Waals surface area contributed by atoms with E-state index in [4.69, 9.17) is 0 Å². The van der Waals surface area contributed by atoms with Crippen molar-refractivity contribution in [1.29, 1.82) is 0 Å². The van der Waals surface area contributed by atoms with E-state index in [-0.39, 0.29) is 29.5 Å². The van der Waals surface area contributed by atoms with Crippen LogP contribution >= 0.6 is 0 Å². The van der Waals surface area contributed by atoms with Gasteiger partial charge >= 0.3 is 0 Å². The van der Waals surface area contributed by atoms with E-state index >= 15 is 0 Å². The molecule has 1 aliphatic carbocycles. The van der Waals surface area contributed by atoms with Gasteiger partial charge in [-0.25, -0.2) is 8.42 Å². The Kier molecular flexibility index (Phi) is 6.42. The fourth-order valence-corrected chi connectivity index (χ4v) is 6.67. The Morgan fingerprint density at radius 3 is 2.44 bits per heavy atom. The molecule has 3 fully saturated rings. The van der Waals surface area contributed by atoms with E-state index in [0.29, 0.717) is 18.9 Å². The monoisotopic (exact) mass is 370 g/mol. The van der Waals surface area contributed by atoms with Crippen molar-refractivity contribution in [3.05, 3.63) is 0 Å². The van der Waals surface area contributed by atoms with Crippen molar-refractivity contribution in [2.24, 2.45) is 5.92 Å². The van der Waals surface area contributed by atoms with Crippen LogP contribution in [0.3, 0.4) is 0 Å². The van der Waals surface area contributed by atoms with Crippen molar-refractivity contribution in [2.45, 2.75) is 76.8 Å². The molecule has 2 atom stereocenters. The van der Waals surface area contributed by atoms with Gasteiger partial charge in [-0.15, -0.1) is 0 Å². The Labute approximate surface area is 153 Å². The molecule has 0 aromatic carbocycles. The fourth-order valence-electron chi connectivity index (χ4n) is 4.96. The van der Waals surface area contributed by atoms with Crippen molar-refractivity contribution in [2.75, 3.05) is 31.1 Å². The van der Waals surface area contributed by atoms with Gasteiger partial charge in [0.25, 0.3) is 0 Å². The first kappa shape index (κ1) is 19.2. The molecule has 25 heavy (non-hydrogen) atoms. The summed E-state index contributed by atoms with van der Waals surface area (Å²) in [5.74, 6) is 1.30. The summed E-state index contributed by atoms with van der Waals surface area (Å²) in [4.78, 5) is 17.5. The third-order valence-electron chi connectivity index (χ3n) is 6.40. The molecule has 0 spiro atoms. The van der Waals surface area contributed by atoms with E-state index in [1.807, 2.05) is 4.90 Å². The number of carbonyl (C=O) groups is 1.